The Hall–Kier alpha value is -2.33. The van der Waals surface area contributed by atoms with E-state index >= 15 is 0 Å². The molecule has 2 aromatic carbocycles. The first-order valence-electron chi connectivity index (χ1n) is 10.2. The average molecular weight is 482 g/mol. The molecule has 1 aliphatic heterocycles. The van der Waals surface area contributed by atoms with Gasteiger partial charge >= 0.3 is 0 Å². The number of hydrogen-bond acceptors (Lipinski definition) is 4. The van der Waals surface area contributed by atoms with Gasteiger partial charge in [0, 0.05) is 19.6 Å². The van der Waals surface area contributed by atoms with Gasteiger partial charge < -0.3 is 9.30 Å². The van der Waals surface area contributed by atoms with Crippen LogP contribution in [0.15, 0.2) is 41.3 Å². The molecule has 1 fully saturated rings. The summed E-state index contributed by atoms with van der Waals surface area (Å²) in [6.45, 7) is 3.93. The summed E-state index contributed by atoms with van der Waals surface area (Å²) in [5.41, 5.74) is 1.61. The smallest absolute Gasteiger partial charge is 0.243 e. The van der Waals surface area contributed by atoms with Gasteiger partial charge in [-0.15, -0.1) is 0 Å². The highest BCUT2D eigenvalue weighted by Crippen LogP contribution is 2.29. The van der Waals surface area contributed by atoms with Crippen molar-refractivity contribution in [3.8, 4) is 0 Å². The van der Waals surface area contributed by atoms with Crippen LogP contribution in [-0.2, 0) is 21.3 Å². The lowest BCUT2D eigenvalue weighted by Gasteiger charge is -2.26. The molecular weight excluding hydrogens is 460 g/mol. The van der Waals surface area contributed by atoms with Crippen molar-refractivity contribution in [3.05, 3.63) is 59.4 Å². The maximum atomic E-state index is 13.6. The van der Waals surface area contributed by atoms with Gasteiger partial charge in [-0.05, 0) is 48.4 Å². The fourth-order valence-corrected chi connectivity index (χ4v) is 5.35. The predicted octanol–water partition coefficient (Wildman–Crippen LogP) is 4.48. The van der Waals surface area contributed by atoms with Gasteiger partial charge in [-0.3, -0.25) is 0 Å². The highest BCUT2D eigenvalue weighted by Gasteiger charge is 2.27. The van der Waals surface area contributed by atoms with Crippen molar-refractivity contribution in [3.63, 3.8) is 0 Å². The summed E-state index contributed by atoms with van der Waals surface area (Å²) >= 11 is 6.52. The minimum Gasteiger partial charge on any atom is -0.379 e. The maximum absolute atomic E-state index is 13.6. The van der Waals surface area contributed by atoms with Gasteiger partial charge in [0.2, 0.25) is 10.0 Å². The molecule has 3 aromatic rings. The first-order valence-corrected chi connectivity index (χ1v) is 12.0. The number of morpholine rings is 1. The van der Waals surface area contributed by atoms with Crippen molar-refractivity contribution in [1.29, 1.82) is 0 Å². The second-order valence-corrected chi connectivity index (χ2v) is 9.76. The first kappa shape index (κ1) is 22.8. The van der Waals surface area contributed by atoms with E-state index in [1.165, 1.54) is 22.5 Å². The van der Waals surface area contributed by atoms with Crippen LogP contribution in [0.2, 0.25) is 0 Å². The van der Waals surface area contributed by atoms with Gasteiger partial charge in [-0.25, -0.2) is 22.2 Å². The lowest BCUT2D eigenvalue weighted by Crippen LogP contribution is -2.40. The fraction of sp³-hybridized carbons (Fsp3) is 0.318. The van der Waals surface area contributed by atoms with E-state index in [1.807, 2.05) is 11.5 Å². The SMILES string of the molecule is CCCn1c(/C(Cl)=C/c2ccc(F)c(F)c2)nc2cc(S(=O)(=O)N3CCOCC3)ccc21. The zero-order valence-corrected chi connectivity index (χ0v) is 19.0. The average Bonchev–Trinajstić information content (AvgIpc) is 3.15. The standard InChI is InChI=1S/C22H22ClF2N3O3S/c1-2-7-28-21-6-4-16(32(29,30)27-8-10-31-11-9-27)14-20(21)26-22(28)17(23)12-15-3-5-18(24)19(25)13-15/h3-6,12-14H,2,7-11H2,1H3/b17-12-. The molecule has 0 bridgehead atoms. The van der Waals surface area contributed by atoms with Gasteiger partial charge in [0.25, 0.3) is 0 Å². The molecule has 4 rings (SSSR count). The number of ether oxygens (including phenoxy) is 1. The van der Waals surface area contributed by atoms with Crippen LogP contribution in [0.1, 0.15) is 24.7 Å². The van der Waals surface area contributed by atoms with E-state index in [1.54, 1.807) is 12.1 Å². The van der Waals surface area contributed by atoms with Crippen molar-refractivity contribution in [1.82, 2.24) is 13.9 Å². The van der Waals surface area contributed by atoms with Crippen molar-refractivity contribution in [2.45, 2.75) is 24.8 Å². The van der Waals surface area contributed by atoms with Gasteiger partial charge in [-0.2, -0.15) is 4.31 Å². The van der Waals surface area contributed by atoms with E-state index in [9.17, 15) is 17.2 Å². The van der Waals surface area contributed by atoms with Gasteiger partial charge in [0.15, 0.2) is 17.5 Å². The third-order valence-corrected chi connectivity index (χ3v) is 7.40. The predicted molar refractivity (Wildman–Crippen MR) is 120 cm³/mol. The molecule has 0 saturated carbocycles. The summed E-state index contributed by atoms with van der Waals surface area (Å²) in [7, 11) is -3.67. The Morgan fingerprint density at radius 3 is 2.59 bits per heavy atom. The third kappa shape index (κ3) is 4.43. The molecule has 0 radical (unpaired) electrons. The van der Waals surface area contributed by atoms with E-state index < -0.39 is 21.7 Å². The summed E-state index contributed by atoms with van der Waals surface area (Å²) in [5, 5.41) is 0.234. The van der Waals surface area contributed by atoms with Gasteiger partial charge in [0.05, 0.1) is 34.2 Å². The number of aromatic nitrogens is 2. The molecule has 0 unspecified atom stereocenters. The van der Waals surface area contributed by atoms with Crippen LogP contribution >= 0.6 is 11.6 Å². The molecule has 1 aliphatic rings. The number of rotatable bonds is 6. The molecule has 170 valence electrons. The molecule has 6 nitrogen and oxygen atoms in total. The lowest BCUT2D eigenvalue weighted by molar-refractivity contribution is 0.0730. The second kappa shape index (κ2) is 9.27. The minimum atomic E-state index is -3.67. The van der Waals surface area contributed by atoms with Crippen LogP contribution in [0.25, 0.3) is 22.1 Å². The Labute approximate surface area is 190 Å². The Kier molecular flexibility index (Phi) is 6.62. The molecule has 0 spiro atoms. The number of fused-ring (bicyclic) bond motifs is 1. The van der Waals surface area contributed by atoms with Crippen LogP contribution in [0.5, 0.6) is 0 Å². The maximum Gasteiger partial charge on any atom is 0.243 e. The molecule has 2 heterocycles. The normalized spacial score (nSPS) is 16.1. The Morgan fingerprint density at radius 1 is 1.16 bits per heavy atom. The highest BCUT2D eigenvalue weighted by atomic mass is 35.5. The van der Waals surface area contributed by atoms with Crippen LogP contribution in [0.3, 0.4) is 0 Å². The summed E-state index contributed by atoms with van der Waals surface area (Å²) in [5.74, 6) is -1.48. The first-order chi connectivity index (χ1) is 15.3. The van der Waals surface area contributed by atoms with Gasteiger partial charge in [-0.1, -0.05) is 24.6 Å². The van der Waals surface area contributed by atoms with Crippen molar-refractivity contribution >= 4 is 43.8 Å². The Bertz CT molecular complexity index is 1290. The highest BCUT2D eigenvalue weighted by molar-refractivity contribution is 7.89. The van der Waals surface area contributed by atoms with Crippen molar-refractivity contribution in [2.75, 3.05) is 26.3 Å². The second-order valence-electron chi connectivity index (χ2n) is 7.42. The summed E-state index contributed by atoms with van der Waals surface area (Å²) in [6, 6.07) is 8.33. The number of imidazole rings is 1. The minimum absolute atomic E-state index is 0.153. The monoisotopic (exact) mass is 481 g/mol. The Balaban J connectivity index is 1.76. The molecule has 0 aliphatic carbocycles. The van der Waals surface area contributed by atoms with Crippen LogP contribution in [0.4, 0.5) is 8.78 Å². The van der Waals surface area contributed by atoms with Gasteiger partial charge in [0.1, 0.15) is 0 Å². The summed E-state index contributed by atoms with van der Waals surface area (Å²) in [6.07, 6.45) is 2.30. The number of halogens is 3. The van der Waals surface area contributed by atoms with Crippen molar-refractivity contribution < 1.29 is 21.9 Å². The lowest BCUT2D eigenvalue weighted by atomic mass is 10.2. The third-order valence-electron chi connectivity index (χ3n) is 5.23. The summed E-state index contributed by atoms with van der Waals surface area (Å²) < 4.78 is 61.4. The van der Waals surface area contributed by atoms with E-state index in [-0.39, 0.29) is 9.93 Å². The number of hydrogen-bond donors (Lipinski definition) is 0. The van der Waals surface area contributed by atoms with Crippen LogP contribution < -0.4 is 0 Å². The number of nitrogens with zero attached hydrogens (tertiary/aromatic N) is 3. The quantitative estimate of drug-likeness (QED) is 0.520. The molecule has 1 aromatic heterocycles. The van der Waals surface area contributed by atoms with E-state index in [2.05, 4.69) is 4.98 Å². The van der Waals surface area contributed by atoms with E-state index in [0.717, 1.165) is 24.1 Å². The molecule has 10 heteroatoms. The fourth-order valence-electron chi connectivity index (χ4n) is 3.65. The molecule has 0 N–H and O–H groups in total. The molecule has 0 amide bonds. The number of sulfonamides is 1. The Morgan fingerprint density at radius 2 is 1.91 bits per heavy atom. The van der Waals surface area contributed by atoms with Crippen LogP contribution in [-0.4, -0.2) is 48.6 Å². The van der Waals surface area contributed by atoms with Crippen molar-refractivity contribution in [2.24, 2.45) is 0 Å². The summed E-state index contributed by atoms with van der Waals surface area (Å²) in [4.78, 5) is 4.73. The van der Waals surface area contributed by atoms with E-state index in [4.69, 9.17) is 16.3 Å². The topological polar surface area (TPSA) is 64.4 Å². The molecule has 1 saturated heterocycles. The molecule has 32 heavy (non-hydrogen) atoms. The van der Waals surface area contributed by atoms with Crippen LogP contribution in [0, 0.1) is 11.6 Å². The zero-order chi connectivity index (χ0) is 22.9. The zero-order valence-electron chi connectivity index (χ0n) is 17.4. The number of benzene rings is 2. The van der Waals surface area contributed by atoms with E-state index in [0.29, 0.717) is 49.8 Å². The molecule has 0 atom stereocenters. The number of aryl methyl sites for hydroxylation is 1. The molecular formula is C22H22ClF2N3O3S. The largest absolute Gasteiger partial charge is 0.379 e.